The molecule has 4 rings (SSSR count). The predicted molar refractivity (Wildman–Crippen MR) is 116 cm³/mol. The minimum Gasteiger partial charge on any atom is -0.492 e. The normalized spacial score (nSPS) is 13.7. The third-order valence-electron chi connectivity index (χ3n) is 4.83. The van der Waals surface area contributed by atoms with Crippen LogP contribution in [0.5, 0.6) is 5.75 Å². The van der Waals surface area contributed by atoms with Gasteiger partial charge in [-0.3, -0.25) is 0 Å². The molecular formula is C20H20Cl4N2O. The molecule has 0 aliphatic carbocycles. The Balaban J connectivity index is 0.00000210. The van der Waals surface area contributed by atoms with Gasteiger partial charge in [0.05, 0.1) is 22.1 Å². The second-order valence-electron chi connectivity index (χ2n) is 6.38. The molecule has 0 atom stereocenters. The minimum atomic E-state index is 0. The van der Waals surface area contributed by atoms with Crippen LogP contribution in [-0.4, -0.2) is 24.3 Å². The highest BCUT2D eigenvalue weighted by molar-refractivity contribution is 6.45. The lowest BCUT2D eigenvalue weighted by atomic mass is 10.1. The van der Waals surface area contributed by atoms with E-state index < -0.39 is 0 Å². The first kappa shape index (κ1) is 20.6. The molecule has 2 aromatic carbocycles. The predicted octanol–water partition coefficient (Wildman–Crippen LogP) is 5.79. The average molecular weight is 446 g/mol. The zero-order chi connectivity index (χ0) is 18.1. The number of nitrogens with zero attached hydrogens (tertiary/aromatic N) is 1. The van der Waals surface area contributed by atoms with E-state index in [-0.39, 0.29) is 12.4 Å². The van der Waals surface area contributed by atoms with E-state index in [2.05, 4.69) is 16.0 Å². The Kier molecular flexibility index (Phi) is 6.83. The number of rotatable bonds is 4. The lowest BCUT2D eigenvalue weighted by molar-refractivity contribution is 0.299. The van der Waals surface area contributed by atoms with Crippen LogP contribution in [-0.2, 0) is 19.4 Å². The molecule has 7 heteroatoms. The highest BCUT2D eigenvalue weighted by Gasteiger charge is 2.21. The maximum Gasteiger partial charge on any atom is 0.119 e. The molecule has 0 bridgehead atoms. The van der Waals surface area contributed by atoms with Crippen molar-refractivity contribution in [3.63, 3.8) is 0 Å². The van der Waals surface area contributed by atoms with Crippen LogP contribution in [0.3, 0.4) is 0 Å². The number of benzene rings is 2. The zero-order valence-corrected chi connectivity index (χ0v) is 17.7. The largest absolute Gasteiger partial charge is 0.492 e. The molecule has 0 fully saturated rings. The Morgan fingerprint density at radius 1 is 0.963 bits per heavy atom. The summed E-state index contributed by atoms with van der Waals surface area (Å²) in [5.41, 5.74) is 3.77. The molecule has 0 saturated carbocycles. The van der Waals surface area contributed by atoms with Crippen LogP contribution in [0.1, 0.15) is 11.3 Å². The summed E-state index contributed by atoms with van der Waals surface area (Å²) >= 11 is 18.8. The van der Waals surface area contributed by atoms with Gasteiger partial charge in [0, 0.05) is 29.1 Å². The lowest BCUT2D eigenvalue weighted by Crippen LogP contribution is -2.18. The number of hydrogen-bond acceptors (Lipinski definition) is 2. The molecule has 1 aliphatic heterocycles. The van der Waals surface area contributed by atoms with E-state index in [9.17, 15) is 0 Å². The fourth-order valence-electron chi connectivity index (χ4n) is 3.65. The number of hydrogen-bond donors (Lipinski definition) is 1. The van der Waals surface area contributed by atoms with Gasteiger partial charge >= 0.3 is 0 Å². The summed E-state index contributed by atoms with van der Waals surface area (Å²) in [4.78, 5) is 0. The summed E-state index contributed by atoms with van der Waals surface area (Å²) in [6, 6.07) is 11.4. The number of fused-ring (bicyclic) bond motifs is 3. The van der Waals surface area contributed by atoms with Gasteiger partial charge in [-0.1, -0.05) is 34.8 Å². The van der Waals surface area contributed by atoms with Gasteiger partial charge in [-0.2, -0.15) is 0 Å². The molecule has 2 heterocycles. The smallest absolute Gasteiger partial charge is 0.119 e. The van der Waals surface area contributed by atoms with Crippen molar-refractivity contribution in [1.82, 2.24) is 9.88 Å². The van der Waals surface area contributed by atoms with Crippen molar-refractivity contribution in [2.24, 2.45) is 0 Å². The molecule has 1 N–H and O–H groups in total. The maximum atomic E-state index is 6.56. The van der Waals surface area contributed by atoms with Crippen LogP contribution < -0.4 is 10.1 Å². The second-order valence-corrected chi connectivity index (χ2v) is 7.61. The van der Waals surface area contributed by atoms with E-state index in [1.807, 2.05) is 30.3 Å². The van der Waals surface area contributed by atoms with Crippen molar-refractivity contribution in [2.75, 3.05) is 19.7 Å². The molecule has 1 aliphatic rings. The van der Waals surface area contributed by atoms with Crippen LogP contribution in [0.4, 0.5) is 0 Å². The first-order chi connectivity index (χ1) is 12.6. The Morgan fingerprint density at radius 2 is 1.70 bits per heavy atom. The van der Waals surface area contributed by atoms with E-state index in [4.69, 9.17) is 39.5 Å². The van der Waals surface area contributed by atoms with Gasteiger partial charge in [0.2, 0.25) is 0 Å². The van der Waals surface area contributed by atoms with Gasteiger partial charge < -0.3 is 14.6 Å². The van der Waals surface area contributed by atoms with Gasteiger partial charge in [-0.25, -0.2) is 0 Å². The molecule has 3 aromatic rings. The van der Waals surface area contributed by atoms with E-state index in [0.29, 0.717) is 21.7 Å². The number of aromatic nitrogens is 1. The molecule has 0 spiro atoms. The van der Waals surface area contributed by atoms with Crippen LogP contribution in [0, 0.1) is 0 Å². The summed E-state index contributed by atoms with van der Waals surface area (Å²) in [6.45, 7) is 3.25. The Morgan fingerprint density at radius 3 is 2.48 bits per heavy atom. The highest BCUT2D eigenvalue weighted by Crippen LogP contribution is 2.37. The number of ether oxygens (including phenoxy) is 1. The summed E-state index contributed by atoms with van der Waals surface area (Å²) in [5, 5.41) is 6.51. The lowest BCUT2D eigenvalue weighted by Gasteiger charge is -2.12. The topological polar surface area (TPSA) is 26.2 Å². The van der Waals surface area contributed by atoms with Crippen molar-refractivity contribution in [1.29, 1.82) is 0 Å². The highest BCUT2D eigenvalue weighted by atomic mass is 35.5. The molecule has 1 aromatic heterocycles. The van der Waals surface area contributed by atoms with E-state index >= 15 is 0 Å². The SMILES string of the molecule is Cl.Clc1ccc(OCCn2c3c(c4c(Cl)c(Cl)ccc42)CCNCC3)cc1. The van der Waals surface area contributed by atoms with Crippen LogP contribution in [0.15, 0.2) is 36.4 Å². The van der Waals surface area contributed by atoms with Crippen molar-refractivity contribution in [3.05, 3.63) is 62.7 Å². The third-order valence-corrected chi connectivity index (χ3v) is 5.88. The molecule has 27 heavy (non-hydrogen) atoms. The zero-order valence-electron chi connectivity index (χ0n) is 14.6. The molecule has 0 radical (unpaired) electrons. The monoisotopic (exact) mass is 444 g/mol. The number of nitrogens with one attached hydrogen (secondary N) is 1. The van der Waals surface area contributed by atoms with Gasteiger partial charge in [0.1, 0.15) is 12.4 Å². The van der Waals surface area contributed by atoms with Crippen LogP contribution in [0.2, 0.25) is 15.1 Å². The van der Waals surface area contributed by atoms with Gasteiger partial charge in [-0.15, -0.1) is 12.4 Å². The molecule has 144 valence electrons. The summed E-state index contributed by atoms with van der Waals surface area (Å²) in [7, 11) is 0. The van der Waals surface area contributed by atoms with Crippen molar-refractivity contribution < 1.29 is 4.74 Å². The number of halogens is 4. The van der Waals surface area contributed by atoms with Gasteiger partial charge in [-0.05, 0) is 54.9 Å². The summed E-state index contributed by atoms with van der Waals surface area (Å²) in [5.74, 6) is 0.819. The Hall–Kier alpha value is -1.10. The molecule has 0 amide bonds. The molecule has 0 saturated heterocycles. The van der Waals surface area contributed by atoms with E-state index in [0.717, 1.165) is 49.1 Å². The fraction of sp³-hybridized carbons (Fsp3) is 0.300. The fourth-order valence-corrected chi connectivity index (χ4v) is 4.20. The maximum absolute atomic E-state index is 6.56. The van der Waals surface area contributed by atoms with Crippen molar-refractivity contribution in [2.45, 2.75) is 19.4 Å². The third kappa shape index (κ3) is 4.18. The first-order valence-electron chi connectivity index (χ1n) is 8.72. The first-order valence-corrected chi connectivity index (χ1v) is 9.85. The van der Waals surface area contributed by atoms with Gasteiger partial charge in [0.15, 0.2) is 0 Å². The summed E-state index contributed by atoms with van der Waals surface area (Å²) < 4.78 is 8.23. The average Bonchev–Trinajstić information content (AvgIpc) is 2.79. The Bertz CT molecular complexity index is 938. The molecule has 0 unspecified atom stereocenters. The standard InChI is InChI=1S/C20H19Cl3N2O.ClH/c21-13-1-3-14(4-2-13)26-12-11-25-17-8-10-24-9-7-15(17)19-18(25)6-5-16(22)20(19)23;/h1-6,24H,7-12H2;1H. The summed E-state index contributed by atoms with van der Waals surface area (Å²) in [6.07, 6.45) is 1.93. The molecular weight excluding hydrogens is 426 g/mol. The van der Waals surface area contributed by atoms with E-state index in [1.54, 1.807) is 0 Å². The van der Waals surface area contributed by atoms with E-state index in [1.165, 1.54) is 11.3 Å². The van der Waals surface area contributed by atoms with Gasteiger partial charge in [0.25, 0.3) is 0 Å². The minimum absolute atomic E-state index is 0. The molecule has 3 nitrogen and oxygen atoms in total. The quantitative estimate of drug-likeness (QED) is 0.549. The Labute approximate surface area is 179 Å². The second kappa shape index (κ2) is 8.93. The van der Waals surface area contributed by atoms with Crippen molar-refractivity contribution >= 4 is 58.1 Å². The van der Waals surface area contributed by atoms with Crippen LogP contribution in [0.25, 0.3) is 10.9 Å². The van der Waals surface area contributed by atoms with Crippen LogP contribution >= 0.6 is 47.2 Å². The van der Waals surface area contributed by atoms with Crippen molar-refractivity contribution in [3.8, 4) is 5.75 Å².